The summed E-state index contributed by atoms with van der Waals surface area (Å²) in [6.07, 6.45) is 5.52. The number of amides is 2. The van der Waals surface area contributed by atoms with E-state index < -0.39 is 23.7 Å². The van der Waals surface area contributed by atoms with E-state index in [-0.39, 0.29) is 25.2 Å². The molecule has 2 aromatic rings. The van der Waals surface area contributed by atoms with E-state index in [1.807, 2.05) is 0 Å². The summed E-state index contributed by atoms with van der Waals surface area (Å²) in [5.74, 6) is -2.63. The molecule has 1 heterocycles. The largest absolute Gasteiger partial charge is 0.494 e. The maximum Gasteiger partial charge on any atom is 0.307 e. The lowest BCUT2D eigenvalue weighted by molar-refractivity contribution is -0.142. The van der Waals surface area contributed by atoms with Crippen LogP contribution in [0.25, 0.3) is 0 Å². The Morgan fingerprint density at radius 1 is 0.912 bits per heavy atom. The smallest absolute Gasteiger partial charge is 0.307 e. The zero-order valence-electron chi connectivity index (χ0n) is 19.5. The van der Waals surface area contributed by atoms with Gasteiger partial charge in [0, 0.05) is 18.5 Å². The van der Waals surface area contributed by atoms with Gasteiger partial charge >= 0.3 is 5.97 Å². The number of unbranched alkanes of at least 4 members (excludes halogenated alkanes) is 4. The van der Waals surface area contributed by atoms with E-state index in [1.165, 1.54) is 19.3 Å². The molecule has 0 saturated carbocycles. The number of hydrogen-bond acceptors (Lipinski definition) is 5. The lowest BCUT2D eigenvalue weighted by atomic mass is 9.95. The number of nitrogens with zero attached hydrogens (tertiary/aromatic N) is 1. The van der Waals surface area contributed by atoms with E-state index in [1.54, 1.807) is 48.5 Å². The maximum atomic E-state index is 12.7. The number of ketones is 1. The van der Waals surface area contributed by atoms with Gasteiger partial charge in [-0.2, -0.15) is 0 Å². The van der Waals surface area contributed by atoms with Gasteiger partial charge in [0.15, 0.2) is 5.78 Å². The van der Waals surface area contributed by atoms with Crippen LogP contribution in [-0.2, 0) is 4.79 Å². The van der Waals surface area contributed by atoms with Crippen molar-refractivity contribution in [3.8, 4) is 5.75 Å². The number of carbonyl (C=O) groups is 4. The number of aliphatic carboxylic acids is 1. The van der Waals surface area contributed by atoms with E-state index in [9.17, 15) is 24.3 Å². The Balaban J connectivity index is 1.51. The molecule has 0 aliphatic carbocycles. The molecule has 180 valence electrons. The predicted octanol–water partition coefficient (Wildman–Crippen LogP) is 5.00. The first kappa shape index (κ1) is 25.1. The molecule has 2 aromatic carbocycles. The summed E-state index contributed by atoms with van der Waals surface area (Å²) in [5, 5.41) is 9.61. The number of carboxylic acid groups (broad SMARTS) is 1. The van der Waals surface area contributed by atoms with Gasteiger partial charge in [-0.25, -0.2) is 0 Å². The van der Waals surface area contributed by atoms with Crippen LogP contribution in [0.1, 0.15) is 82.9 Å². The minimum Gasteiger partial charge on any atom is -0.494 e. The summed E-state index contributed by atoms with van der Waals surface area (Å²) in [6.45, 7) is 2.74. The van der Waals surface area contributed by atoms with Gasteiger partial charge in [0.1, 0.15) is 5.75 Å². The Labute approximate surface area is 199 Å². The van der Waals surface area contributed by atoms with E-state index in [2.05, 4.69) is 6.92 Å². The average Bonchev–Trinajstić information content (AvgIpc) is 3.08. The van der Waals surface area contributed by atoms with E-state index in [0.717, 1.165) is 17.7 Å². The highest BCUT2D eigenvalue weighted by Crippen LogP contribution is 2.24. The molecule has 2 amide bonds. The Bertz CT molecular complexity index is 995. The summed E-state index contributed by atoms with van der Waals surface area (Å²) in [7, 11) is 0. The Kier molecular flexibility index (Phi) is 8.96. The molecule has 34 heavy (non-hydrogen) atoms. The lowest BCUT2D eigenvalue weighted by Crippen LogP contribution is -2.33. The van der Waals surface area contributed by atoms with E-state index >= 15 is 0 Å². The fraction of sp³-hybridized carbons (Fsp3) is 0.407. The number of fused-ring (bicyclic) bond motifs is 1. The van der Waals surface area contributed by atoms with Gasteiger partial charge in [-0.1, -0.05) is 44.7 Å². The van der Waals surface area contributed by atoms with Crippen LogP contribution in [0.2, 0.25) is 0 Å². The number of ether oxygens (including phenoxy) is 1. The van der Waals surface area contributed by atoms with Crippen molar-refractivity contribution in [2.24, 2.45) is 5.92 Å². The SMILES string of the molecule is CCCCCCCOc1ccc(C(=O)CC(CCN2C(=O)c3ccccc3C2=O)C(=O)O)cc1. The standard InChI is InChI=1S/C27H31NO6/c1-2-3-4-5-8-17-34-21-13-11-19(12-14-21)24(29)18-20(27(32)33)15-16-28-25(30)22-9-6-7-10-23(22)26(28)31/h6-7,9-14,20H,2-5,8,15-18H2,1H3,(H,32,33). The van der Waals surface area contributed by atoms with Crippen molar-refractivity contribution in [2.75, 3.05) is 13.2 Å². The highest BCUT2D eigenvalue weighted by Gasteiger charge is 2.35. The molecule has 0 spiro atoms. The fourth-order valence-corrected chi connectivity index (χ4v) is 4.01. The molecule has 7 nitrogen and oxygen atoms in total. The third-order valence-electron chi connectivity index (χ3n) is 6.05. The number of hydrogen-bond donors (Lipinski definition) is 1. The summed E-state index contributed by atoms with van der Waals surface area (Å²) < 4.78 is 5.71. The maximum absolute atomic E-state index is 12.7. The highest BCUT2D eigenvalue weighted by molar-refractivity contribution is 6.21. The Morgan fingerprint density at radius 3 is 2.12 bits per heavy atom. The molecule has 0 aromatic heterocycles. The van der Waals surface area contributed by atoms with Gasteiger partial charge in [0.25, 0.3) is 11.8 Å². The minimum atomic E-state index is -1.13. The van der Waals surface area contributed by atoms with Crippen molar-refractivity contribution < 1.29 is 29.0 Å². The monoisotopic (exact) mass is 465 g/mol. The molecule has 1 unspecified atom stereocenters. The van der Waals surface area contributed by atoms with Crippen molar-refractivity contribution >= 4 is 23.6 Å². The highest BCUT2D eigenvalue weighted by atomic mass is 16.5. The van der Waals surface area contributed by atoms with Crippen LogP contribution in [0, 0.1) is 5.92 Å². The summed E-state index contributed by atoms with van der Waals surface area (Å²) in [6, 6.07) is 13.2. The average molecular weight is 466 g/mol. The third kappa shape index (κ3) is 6.31. The summed E-state index contributed by atoms with van der Waals surface area (Å²) in [4.78, 5) is 50.5. The quantitative estimate of drug-likeness (QED) is 0.239. The van der Waals surface area contributed by atoms with E-state index in [0.29, 0.717) is 29.0 Å². The van der Waals surface area contributed by atoms with Gasteiger partial charge < -0.3 is 9.84 Å². The molecule has 0 bridgehead atoms. The van der Waals surface area contributed by atoms with Gasteiger partial charge in [-0.05, 0) is 49.2 Å². The first-order chi connectivity index (χ1) is 16.4. The number of carbonyl (C=O) groups excluding carboxylic acids is 3. The first-order valence-electron chi connectivity index (χ1n) is 11.9. The van der Waals surface area contributed by atoms with Gasteiger partial charge in [0.05, 0.1) is 23.7 Å². The van der Waals surface area contributed by atoms with Gasteiger partial charge in [-0.15, -0.1) is 0 Å². The molecule has 0 saturated heterocycles. The number of benzene rings is 2. The zero-order valence-corrected chi connectivity index (χ0v) is 19.5. The van der Waals surface area contributed by atoms with Crippen LogP contribution in [0.5, 0.6) is 5.75 Å². The molecule has 1 atom stereocenters. The topological polar surface area (TPSA) is 101 Å². The molecule has 0 radical (unpaired) electrons. The second-order valence-electron chi connectivity index (χ2n) is 8.55. The normalized spacial score (nSPS) is 13.6. The first-order valence-corrected chi connectivity index (χ1v) is 11.9. The second kappa shape index (κ2) is 12.1. The molecule has 1 aliphatic rings. The third-order valence-corrected chi connectivity index (χ3v) is 6.05. The number of rotatable bonds is 14. The molecule has 1 N–H and O–H groups in total. The zero-order chi connectivity index (χ0) is 24.5. The van der Waals surface area contributed by atoms with Crippen molar-refractivity contribution in [1.29, 1.82) is 0 Å². The van der Waals surface area contributed by atoms with Gasteiger partial charge in [-0.3, -0.25) is 24.1 Å². The van der Waals surface area contributed by atoms with Crippen molar-refractivity contribution in [3.05, 3.63) is 65.2 Å². The number of carboxylic acids is 1. The predicted molar refractivity (Wildman–Crippen MR) is 127 cm³/mol. The van der Waals surface area contributed by atoms with Crippen molar-refractivity contribution in [1.82, 2.24) is 4.90 Å². The molecule has 7 heteroatoms. The van der Waals surface area contributed by atoms with Crippen LogP contribution in [0.4, 0.5) is 0 Å². The summed E-state index contributed by atoms with van der Waals surface area (Å²) >= 11 is 0. The van der Waals surface area contributed by atoms with Gasteiger partial charge in [0.2, 0.25) is 0 Å². The Morgan fingerprint density at radius 2 is 1.53 bits per heavy atom. The lowest BCUT2D eigenvalue weighted by Gasteiger charge is -2.17. The minimum absolute atomic E-state index is 0.00572. The van der Waals surface area contributed by atoms with Crippen LogP contribution in [-0.4, -0.2) is 46.7 Å². The van der Waals surface area contributed by atoms with Crippen molar-refractivity contribution in [3.63, 3.8) is 0 Å². The van der Waals surface area contributed by atoms with Crippen LogP contribution in [0.3, 0.4) is 0 Å². The number of imide groups is 1. The molecule has 0 fully saturated rings. The van der Waals surface area contributed by atoms with E-state index in [4.69, 9.17) is 4.74 Å². The molecule has 3 rings (SSSR count). The fourth-order valence-electron chi connectivity index (χ4n) is 4.01. The molecule has 1 aliphatic heterocycles. The summed E-state index contributed by atoms with van der Waals surface area (Å²) in [5.41, 5.74) is 1.04. The second-order valence-corrected chi connectivity index (χ2v) is 8.55. The Hall–Kier alpha value is -3.48. The number of Topliss-reactive ketones (excluding diaryl/α,β-unsaturated/α-hetero) is 1. The van der Waals surface area contributed by atoms with Crippen molar-refractivity contribution in [2.45, 2.75) is 51.9 Å². The van der Waals surface area contributed by atoms with Crippen LogP contribution in [0.15, 0.2) is 48.5 Å². The van der Waals surface area contributed by atoms with Crippen LogP contribution >= 0.6 is 0 Å². The molecular weight excluding hydrogens is 434 g/mol. The molecular formula is C27H31NO6. The van der Waals surface area contributed by atoms with Crippen LogP contribution < -0.4 is 4.74 Å².